The number of hydrogen-bond acceptors (Lipinski definition) is 4. The molecule has 2 rings (SSSR count). The fraction of sp³-hybridized carbons (Fsp3) is 0.909. The average molecular weight is 273 g/mol. The van der Waals surface area contributed by atoms with Crippen molar-refractivity contribution < 1.29 is 13.2 Å². The van der Waals surface area contributed by atoms with E-state index in [0.29, 0.717) is 26.1 Å². The van der Waals surface area contributed by atoms with Gasteiger partial charge < -0.3 is 0 Å². The Bertz CT molecular complexity index is 423. The molecule has 102 valence electrons. The molecule has 0 spiro atoms. The summed E-state index contributed by atoms with van der Waals surface area (Å²) >= 11 is 0. The highest BCUT2D eigenvalue weighted by Crippen LogP contribution is 2.25. The first-order valence-corrected chi connectivity index (χ1v) is 7.90. The van der Waals surface area contributed by atoms with Gasteiger partial charge in [-0.25, -0.2) is 4.79 Å². The van der Waals surface area contributed by atoms with Crippen molar-refractivity contribution in [3.63, 3.8) is 0 Å². The van der Waals surface area contributed by atoms with Crippen molar-refractivity contribution >= 4 is 16.3 Å². The Labute approximate surface area is 108 Å². The van der Waals surface area contributed by atoms with Crippen LogP contribution < -0.4 is 0 Å². The number of aliphatic imine (C=N–C) groups is 1. The normalized spacial score (nSPS) is 27.7. The monoisotopic (exact) mass is 273 g/mol. The van der Waals surface area contributed by atoms with Gasteiger partial charge in [0.2, 0.25) is 6.08 Å². The van der Waals surface area contributed by atoms with Crippen molar-refractivity contribution in [2.75, 3.05) is 19.6 Å². The molecule has 1 atom stereocenters. The average Bonchev–Trinajstić information content (AvgIpc) is 2.64. The van der Waals surface area contributed by atoms with Crippen molar-refractivity contribution in [3.05, 3.63) is 0 Å². The maximum absolute atomic E-state index is 12.5. The van der Waals surface area contributed by atoms with Crippen LogP contribution in [-0.4, -0.2) is 48.9 Å². The second-order valence-corrected chi connectivity index (χ2v) is 6.66. The van der Waals surface area contributed by atoms with Crippen molar-refractivity contribution in [2.45, 2.75) is 44.7 Å². The van der Waals surface area contributed by atoms with Gasteiger partial charge in [-0.2, -0.15) is 22.0 Å². The Morgan fingerprint density at radius 2 is 1.67 bits per heavy atom. The first-order chi connectivity index (χ1) is 8.66. The Kier molecular flexibility index (Phi) is 4.50. The van der Waals surface area contributed by atoms with Gasteiger partial charge in [-0.3, -0.25) is 0 Å². The van der Waals surface area contributed by atoms with Gasteiger partial charge in [0.15, 0.2) is 0 Å². The molecular weight excluding hydrogens is 254 g/mol. The van der Waals surface area contributed by atoms with Crippen molar-refractivity contribution in [1.82, 2.24) is 8.61 Å². The van der Waals surface area contributed by atoms with Crippen LogP contribution in [0, 0.1) is 0 Å². The lowest BCUT2D eigenvalue weighted by Crippen LogP contribution is -2.45. The van der Waals surface area contributed by atoms with Crippen LogP contribution in [0.1, 0.15) is 38.5 Å². The minimum absolute atomic E-state index is 0.453. The summed E-state index contributed by atoms with van der Waals surface area (Å²) in [5.41, 5.74) is 0. The van der Waals surface area contributed by atoms with Gasteiger partial charge in [0.05, 0.1) is 0 Å². The zero-order valence-electron chi connectivity index (χ0n) is 10.4. The molecule has 2 fully saturated rings. The molecule has 7 heteroatoms. The molecule has 0 aromatic heterocycles. The molecule has 0 aromatic carbocycles. The lowest BCUT2D eigenvalue weighted by Gasteiger charge is -2.28. The summed E-state index contributed by atoms with van der Waals surface area (Å²) in [6, 6.07) is 0. The Morgan fingerprint density at radius 1 is 1.00 bits per heavy atom. The van der Waals surface area contributed by atoms with E-state index in [2.05, 4.69) is 4.99 Å². The molecule has 0 saturated carbocycles. The first kappa shape index (κ1) is 13.7. The second-order valence-electron chi connectivity index (χ2n) is 4.77. The minimum atomic E-state index is -3.46. The van der Waals surface area contributed by atoms with Crippen LogP contribution in [0.3, 0.4) is 0 Å². The van der Waals surface area contributed by atoms with Crippen LogP contribution in [-0.2, 0) is 15.0 Å². The fourth-order valence-electron chi connectivity index (χ4n) is 2.60. The predicted molar refractivity (Wildman–Crippen MR) is 66.8 cm³/mol. The molecule has 0 bridgehead atoms. The smallest absolute Gasteiger partial charge is 0.211 e. The number of carbonyl (C=O) groups excluding carboxylic acids is 1. The van der Waals surface area contributed by atoms with Crippen LogP contribution in [0.5, 0.6) is 0 Å². The minimum Gasteiger partial charge on any atom is -0.211 e. The third-order valence-electron chi connectivity index (χ3n) is 3.56. The summed E-state index contributed by atoms with van der Waals surface area (Å²) in [7, 11) is -3.46. The van der Waals surface area contributed by atoms with Crippen LogP contribution in [0.25, 0.3) is 0 Å². The summed E-state index contributed by atoms with van der Waals surface area (Å²) in [6.07, 6.45) is 6.29. The van der Waals surface area contributed by atoms with Crippen LogP contribution in [0.4, 0.5) is 0 Å². The van der Waals surface area contributed by atoms with Gasteiger partial charge in [-0.15, -0.1) is 0 Å². The molecule has 0 aromatic rings. The second kappa shape index (κ2) is 5.93. The summed E-state index contributed by atoms with van der Waals surface area (Å²) in [5, 5.41) is 0. The van der Waals surface area contributed by atoms with Gasteiger partial charge in [0.25, 0.3) is 10.2 Å². The molecule has 1 unspecified atom stereocenters. The number of hydrogen-bond donors (Lipinski definition) is 0. The fourth-order valence-corrected chi connectivity index (χ4v) is 4.44. The van der Waals surface area contributed by atoms with E-state index in [1.165, 1.54) is 10.4 Å². The third-order valence-corrected chi connectivity index (χ3v) is 5.60. The Hall–Kier alpha value is -0.750. The van der Waals surface area contributed by atoms with Gasteiger partial charge in [0, 0.05) is 19.6 Å². The quantitative estimate of drug-likeness (QED) is 0.566. The Morgan fingerprint density at radius 3 is 2.28 bits per heavy atom. The van der Waals surface area contributed by atoms with E-state index in [1.807, 2.05) is 0 Å². The molecule has 0 radical (unpaired) electrons. The van der Waals surface area contributed by atoms with Gasteiger partial charge in [-0.1, -0.05) is 12.8 Å². The molecule has 0 N–H and O–H groups in total. The molecule has 6 nitrogen and oxygen atoms in total. The SMILES string of the molecule is O=C=NC1CCCN1S(=O)(=O)N1CCCCCC1. The summed E-state index contributed by atoms with van der Waals surface area (Å²) in [5.74, 6) is 0. The molecule has 2 aliphatic rings. The van der Waals surface area contributed by atoms with E-state index in [-0.39, 0.29) is 0 Å². The lowest BCUT2D eigenvalue weighted by molar-refractivity contribution is 0.331. The maximum atomic E-state index is 12.5. The van der Waals surface area contributed by atoms with Crippen LogP contribution >= 0.6 is 0 Å². The molecular formula is C11H19N3O3S. The molecule has 18 heavy (non-hydrogen) atoms. The van der Waals surface area contributed by atoms with Gasteiger partial charge in [0.1, 0.15) is 6.17 Å². The number of rotatable bonds is 3. The van der Waals surface area contributed by atoms with Crippen LogP contribution in [0.15, 0.2) is 4.99 Å². The standard InChI is InChI=1S/C11H19N3O3S/c15-10-12-11-6-5-9-14(11)18(16,17)13-7-3-1-2-4-8-13/h11H,1-9H2. The zero-order valence-corrected chi connectivity index (χ0v) is 11.2. The highest BCUT2D eigenvalue weighted by molar-refractivity contribution is 7.86. The van der Waals surface area contributed by atoms with E-state index < -0.39 is 16.4 Å². The molecule has 2 heterocycles. The van der Waals surface area contributed by atoms with Crippen molar-refractivity contribution in [3.8, 4) is 0 Å². The highest BCUT2D eigenvalue weighted by Gasteiger charge is 2.38. The van der Waals surface area contributed by atoms with Crippen molar-refractivity contribution in [2.24, 2.45) is 4.99 Å². The van der Waals surface area contributed by atoms with E-state index in [4.69, 9.17) is 0 Å². The maximum Gasteiger partial charge on any atom is 0.283 e. The largest absolute Gasteiger partial charge is 0.283 e. The zero-order chi connectivity index (χ0) is 13.0. The molecule has 0 amide bonds. The first-order valence-electron chi connectivity index (χ1n) is 6.50. The van der Waals surface area contributed by atoms with Gasteiger partial charge in [-0.05, 0) is 25.7 Å². The number of isocyanates is 1. The molecule has 0 aliphatic carbocycles. The Balaban J connectivity index is 2.15. The van der Waals surface area contributed by atoms with E-state index in [9.17, 15) is 13.2 Å². The van der Waals surface area contributed by atoms with Crippen LogP contribution in [0.2, 0.25) is 0 Å². The molecule has 2 saturated heterocycles. The summed E-state index contributed by atoms with van der Waals surface area (Å²) in [6.45, 7) is 1.61. The number of nitrogens with zero attached hydrogens (tertiary/aromatic N) is 3. The summed E-state index contributed by atoms with van der Waals surface area (Å²) < 4.78 is 27.9. The van der Waals surface area contributed by atoms with E-state index in [1.54, 1.807) is 4.31 Å². The lowest BCUT2D eigenvalue weighted by atomic mass is 10.2. The topological polar surface area (TPSA) is 70.0 Å². The van der Waals surface area contributed by atoms with E-state index >= 15 is 0 Å². The molecule has 2 aliphatic heterocycles. The van der Waals surface area contributed by atoms with Crippen molar-refractivity contribution in [1.29, 1.82) is 0 Å². The third kappa shape index (κ3) is 2.80. The predicted octanol–water partition coefficient (Wildman–Crippen LogP) is 0.865. The summed E-state index contributed by atoms with van der Waals surface area (Å²) in [4.78, 5) is 13.9. The highest BCUT2D eigenvalue weighted by atomic mass is 32.2. The van der Waals surface area contributed by atoms with Gasteiger partial charge >= 0.3 is 0 Å². The van der Waals surface area contributed by atoms with E-state index in [0.717, 1.165) is 32.1 Å².